The Balaban J connectivity index is 1.36. The third-order valence-corrected chi connectivity index (χ3v) is 6.38. The maximum atomic E-state index is 12.8. The van der Waals surface area contributed by atoms with Crippen LogP contribution in [0.15, 0.2) is 35.3 Å². The van der Waals surface area contributed by atoms with Crippen LogP contribution in [0.3, 0.4) is 0 Å². The summed E-state index contributed by atoms with van der Waals surface area (Å²) in [5.74, 6) is 1.10. The van der Waals surface area contributed by atoms with Crippen LogP contribution in [-0.2, 0) is 9.47 Å². The van der Waals surface area contributed by atoms with Gasteiger partial charge < -0.3 is 24.4 Å². The summed E-state index contributed by atoms with van der Waals surface area (Å²) in [6.07, 6.45) is 4.89. The molecule has 0 bridgehead atoms. The maximum Gasteiger partial charge on any atom is 0.409 e. The van der Waals surface area contributed by atoms with E-state index in [1.165, 1.54) is 11.8 Å². The van der Waals surface area contributed by atoms with E-state index in [1.807, 2.05) is 0 Å². The highest BCUT2D eigenvalue weighted by Crippen LogP contribution is 2.22. The average Bonchev–Trinajstić information content (AvgIpc) is 2.86. The summed E-state index contributed by atoms with van der Waals surface area (Å²) in [6.45, 7) is 3.42. The van der Waals surface area contributed by atoms with E-state index in [0.29, 0.717) is 49.3 Å². The first-order valence-electron chi connectivity index (χ1n) is 11.2. The molecule has 0 spiro atoms. The van der Waals surface area contributed by atoms with E-state index < -0.39 is 0 Å². The van der Waals surface area contributed by atoms with Crippen LogP contribution in [0.4, 0.5) is 10.5 Å². The van der Waals surface area contributed by atoms with Gasteiger partial charge in [-0.25, -0.2) is 4.79 Å². The number of benzene rings is 1. The Kier molecular flexibility index (Phi) is 7.72. The summed E-state index contributed by atoms with van der Waals surface area (Å²) in [5, 5.41) is 7.63. The smallest absolute Gasteiger partial charge is 0.409 e. The topological polar surface area (TPSA) is 94.9 Å². The lowest BCUT2D eigenvalue weighted by Crippen LogP contribution is -2.41. The number of nitrogens with zero attached hydrogens (tertiary/aromatic N) is 3. The molecule has 0 aliphatic carbocycles. The lowest BCUT2D eigenvalue weighted by Gasteiger charge is -2.31. The Hall–Kier alpha value is -2.78. The quantitative estimate of drug-likeness (QED) is 0.683. The van der Waals surface area contributed by atoms with Crippen molar-refractivity contribution in [3.05, 3.63) is 45.8 Å². The fourth-order valence-electron chi connectivity index (χ4n) is 4.11. The van der Waals surface area contributed by atoms with E-state index in [4.69, 9.17) is 25.8 Å². The summed E-state index contributed by atoms with van der Waals surface area (Å²) in [7, 11) is 1.39. The number of carbonyl (C=O) groups excluding carboxylic acids is 1. The van der Waals surface area contributed by atoms with Crippen LogP contribution >= 0.6 is 11.6 Å². The number of aromatic nitrogens is 2. The van der Waals surface area contributed by atoms with E-state index >= 15 is 0 Å². The molecule has 2 fully saturated rings. The van der Waals surface area contributed by atoms with E-state index in [2.05, 4.69) is 10.4 Å². The minimum Gasteiger partial charge on any atom is -0.490 e. The highest BCUT2D eigenvalue weighted by molar-refractivity contribution is 6.32. The summed E-state index contributed by atoms with van der Waals surface area (Å²) < 4.78 is 17.6. The molecule has 9 nitrogen and oxygen atoms in total. The molecular weight excluding hydrogens is 448 g/mol. The van der Waals surface area contributed by atoms with E-state index in [0.717, 1.165) is 32.3 Å². The van der Waals surface area contributed by atoms with Crippen molar-refractivity contribution in [1.82, 2.24) is 14.7 Å². The van der Waals surface area contributed by atoms with Crippen molar-refractivity contribution < 1.29 is 19.0 Å². The normalized spacial score (nSPS) is 19.2. The number of rotatable bonds is 6. The number of methoxy groups -OCH3 is 1. The number of anilines is 1. The molecule has 1 N–H and O–H groups in total. The molecule has 0 radical (unpaired) electrons. The fourth-order valence-corrected chi connectivity index (χ4v) is 4.30. The molecule has 0 unspecified atom stereocenters. The van der Waals surface area contributed by atoms with Crippen LogP contribution in [0.5, 0.6) is 5.75 Å². The van der Waals surface area contributed by atoms with Crippen LogP contribution in [-0.4, -0.2) is 66.8 Å². The lowest BCUT2D eigenvalue weighted by molar-refractivity contribution is 0.0595. The predicted octanol–water partition coefficient (Wildman–Crippen LogP) is 3.33. The third-order valence-electron chi connectivity index (χ3n) is 6.01. The SMILES string of the molecule is COC(=O)N1CCC(Oc2ccc(-n3ncc(NC[C@@H]4CCCOC4)c(Cl)c3=O)cc2)CC1. The number of ether oxygens (including phenoxy) is 3. The Morgan fingerprint density at radius 3 is 2.67 bits per heavy atom. The minimum absolute atomic E-state index is 0.0203. The van der Waals surface area contributed by atoms with Gasteiger partial charge in [-0.1, -0.05) is 11.6 Å². The molecule has 1 aromatic carbocycles. The summed E-state index contributed by atoms with van der Waals surface area (Å²) in [4.78, 5) is 26.1. The van der Waals surface area contributed by atoms with Gasteiger partial charge in [-0.15, -0.1) is 0 Å². The zero-order chi connectivity index (χ0) is 23.2. The second kappa shape index (κ2) is 10.9. The van der Waals surface area contributed by atoms with Crippen molar-refractivity contribution in [3.63, 3.8) is 0 Å². The van der Waals surface area contributed by atoms with Crippen LogP contribution in [0, 0.1) is 5.92 Å². The summed E-state index contributed by atoms with van der Waals surface area (Å²) in [5.41, 5.74) is 0.745. The number of carbonyl (C=O) groups is 1. The molecule has 4 rings (SSSR count). The van der Waals surface area contributed by atoms with Crippen molar-refractivity contribution in [2.45, 2.75) is 31.8 Å². The highest BCUT2D eigenvalue weighted by atomic mass is 35.5. The molecule has 33 heavy (non-hydrogen) atoms. The van der Waals surface area contributed by atoms with Crippen molar-refractivity contribution in [2.75, 3.05) is 45.3 Å². The Morgan fingerprint density at radius 2 is 2.00 bits per heavy atom. The third kappa shape index (κ3) is 5.78. The molecule has 2 aromatic rings. The van der Waals surface area contributed by atoms with Gasteiger partial charge in [-0.2, -0.15) is 9.78 Å². The highest BCUT2D eigenvalue weighted by Gasteiger charge is 2.24. The van der Waals surface area contributed by atoms with Crippen molar-refractivity contribution in [2.24, 2.45) is 5.92 Å². The molecule has 3 heterocycles. The molecule has 1 aromatic heterocycles. The van der Waals surface area contributed by atoms with Gasteiger partial charge in [0, 0.05) is 39.1 Å². The van der Waals surface area contributed by atoms with Crippen molar-refractivity contribution >= 4 is 23.4 Å². The van der Waals surface area contributed by atoms with Crippen molar-refractivity contribution in [1.29, 1.82) is 0 Å². The van der Waals surface area contributed by atoms with Gasteiger partial charge in [0.05, 0.1) is 31.3 Å². The van der Waals surface area contributed by atoms with Gasteiger partial charge in [0.2, 0.25) is 0 Å². The monoisotopic (exact) mass is 476 g/mol. The number of halogens is 1. The molecule has 1 atom stereocenters. The first kappa shape index (κ1) is 23.4. The van der Waals surface area contributed by atoms with Crippen molar-refractivity contribution in [3.8, 4) is 11.4 Å². The van der Waals surface area contributed by atoms with Gasteiger partial charge >= 0.3 is 6.09 Å². The summed E-state index contributed by atoms with van der Waals surface area (Å²) >= 11 is 6.34. The molecule has 2 saturated heterocycles. The number of amides is 1. The molecule has 178 valence electrons. The lowest BCUT2D eigenvalue weighted by atomic mass is 10.0. The first-order valence-corrected chi connectivity index (χ1v) is 11.6. The second-order valence-electron chi connectivity index (χ2n) is 8.32. The fraction of sp³-hybridized carbons (Fsp3) is 0.522. The van der Waals surface area contributed by atoms with Crippen LogP contribution in [0.2, 0.25) is 5.02 Å². The van der Waals surface area contributed by atoms with Gasteiger partial charge in [0.15, 0.2) is 0 Å². The molecule has 2 aliphatic rings. The van der Waals surface area contributed by atoms with Gasteiger partial charge in [0.1, 0.15) is 16.9 Å². The standard InChI is InChI=1S/C23H29ClN4O5/c1-31-23(30)27-10-8-19(9-11-27)33-18-6-4-17(5-7-18)28-22(29)21(24)20(14-26-28)25-13-16-3-2-12-32-15-16/h4-7,14,16,19,25H,2-3,8-13,15H2,1H3/t16-/m0/s1. The first-order chi connectivity index (χ1) is 16.0. The average molecular weight is 477 g/mol. The Bertz CT molecular complexity index is 999. The van der Waals surface area contributed by atoms with Crippen LogP contribution in [0.1, 0.15) is 25.7 Å². The largest absolute Gasteiger partial charge is 0.490 e. The predicted molar refractivity (Wildman–Crippen MR) is 125 cm³/mol. The van der Waals surface area contributed by atoms with Gasteiger partial charge in [-0.05, 0) is 43.0 Å². The van der Waals surface area contributed by atoms with Crippen LogP contribution in [0.25, 0.3) is 5.69 Å². The second-order valence-corrected chi connectivity index (χ2v) is 8.70. The van der Waals surface area contributed by atoms with Crippen LogP contribution < -0.4 is 15.6 Å². The molecule has 1 amide bonds. The maximum absolute atomic E-state index is 12.8. The Morgan fingerprint density at radius 1 is 1.24 bits per heavy atom. The summed E-state index contributed by atoms with van der Waals surface area (Å²) in [6, 6.07) is 7.16. The Labute approximate surface area is 197 Å². The molecule has 0 saturated carbocycles. The zero-order valence-corrected chi connectivity index (χ0v) is 19.4. The van der Waals surface area contributed by atoms with Gasteiger partial charge in [-0.3, -0.25) is 4.79 Å². The number of hydrogen-bond acceptors (Lipinski definition) is 7. The zero-order valence-electron chi connectivity index (χ0n) is 18.7. The molecule has 10 heteroatoms. The number of hydrogen-bond donors (Lipinski definition) is 1. The number of nitrogens with one attached hydrogen (secondary N) is 1. The van der Waals surface area contributed by atoms with E-state index in [9.17, 15) is 9.59 Å². The van der Waals surface area contributed by atoms with Gasteiger partial charge in [0.25, 0.3) is 5.56 Å². The molecular formula is C23H29ClN4O5. The molecule has 2 aliphatic heterocycles. The number of piperidine rings is 1. The minimum atomic E-state index is -0.384. The number of likely N-dealkylation sites (tertiary alicyclic amines) is 1. The van der Waals surface area contributed by atoms with E-state index in [-0.39, 0.29) is 22.8 Å². The van der Waals surface area contributed by atoms with E-state index in [1.54, 1.807) is 35.4 Å².